The second-order valence-corrected chi connectivity index (χ2v) is 7.26. The number of amides is 3. The van der Waals surface area contributed by atoms with E-state index in [4.69, 9.17) is 5.73 Å². The van der Waals surface area contributed by atoms with Crippen molar-refractivity contribution in [2.24, 2.45) is 5.73 Å². The van der Waals surface area contributed by atoms with E-state index < -0.39 is 6.03 Å². The smallest absolute Gasteiger partial charge is 0.320 e. The fraction of sp³-hybridized carbons (Fsp3) is 0.400. The molecule has 7 heteroatoms. The van der Waals surface area contributed by atoms with Gasteiger partial charge in [0.15, 0.2) is 0 Å². The standard InChI is InChI=1S/C20H23N5O2/c1-24(17-5-2-6-17)19(26)16-9-14(10-22-11-16)15-8-13-4-3-7-25(20(21)27)18(13)23-12-15/h8-12,17H,2-7H2,1H3,(H2,21,27). The van der Waals surface area contributed by atoms with Gasteiger partial charge in [-0.2, -0.15) is 0 Å². The van der Waals surface area contributed by atoms with E-state index in [9.17, 15) is 9.59 Å². The minimum atomic E-state index is -0.482. The Hall–Kier alpha value is -2.96. The highest BCUT2D eigenvalue weighted by Crippen LogP contribution is 2.30. The van der Waals surface area contributed by atoms with E-state index in [1.807, 2.05) is 24.1 Å². The molecule has 0 atom stereocenters. The number of primary amides is 1. The second-order valence-electron chi connectivity index (χ2n) is 7.26. The van der Waals surface area contributed by atoms with Crippen LogP contribution >= 0.6 is 0 Å². The minimum absolute atomic E-state index is 0.000118. The van der Waals surface area contributed by atoms with Crippen LogP contribution < -0.4 is 10.6 Å². The first-order chi connectivity index (χ1) is 13.0. The third-order valence-corrected chi connectivity index (χ3v) is 5.55. The number of urea groups is 1. The molecule has 3 amide bonds. The van der Waals surface area contributed by atoms with Gasteiger partial charge in [0.25, 0.3) is 5.91 Å². The Morgan fingerprint density at radius 2 is 1.93 bits per heavy atom. The molecule has 0 unspecified atom stereocenters. The molecule has 2 aromatic heterocycles. The molecule has 0 spiro atoms. The topological polar surface area (TPSA) is 92.4 Å². The van der Waals surface area contributed by atoms with Crippen molar-refractivity contribution >= 4 is 17.8 Å². The molecule has 3 heterocycles. The zero-order valence-electron chi connectivity index (χ0n) is 15.4. The van der Waals surface area contributed by atoms with Gasteiger partial charge in [0, 0.05) is 49.4 Å². The Bertz CT molecular complexity index is 894. The van der Waals surface area contributed by atoms with Crippen LogP contribution in [-0.4, -0.2) is 46.4 Å². The summed E-state index contributed by atoms with van der Waals surface area (Å²) in [6, 6.07) is 3.73. The molecule has 2 aliphatic rings. The maximum Gasteiger partial charge on any atom is 0.320 e. The van der Waals surface area contributed by atoms with E-state index in [0.717, 1.165) is 42.4 Å². The molecule has 140 valence electrons. The molecule has 1 aliphatic heterocycles. The highest BCUT2D eigenvalue weighted by molar-refractivity contribution is 5.95. The molecule has 1 aliphatic carbocycles. The third-order valence-electron chi connectivity index (χ3n) is 5.55. The van der Waals surface area contributed by atoms with E-state index in [-0.39, 0.29) is 5.91 Å². The molecule has 7 nitrogen and oxygen atoms in total. The predicted molar refractivity (Wildman–Crippen MR) is 102 cm³/mol. The lowest BCUT2D eigenvalue weighted by Gasteiger charge is -2.34. The molecule has 4 rings (SSSR count). The largest absolute Gasteiger partial charge is 0.351 e. The van der Waals surface area contributed by atoms with Gasteiger partial charge >= 0.3 is 6.03 Å². The molecule has 0 aromatic carbocycles. The van der Waals surface area contributed by atoms with E-state index >= 15 is 0 Å². The van der Waals surface area contributed by atoms with Gasteiger partial charge in [-0.15, -0.1) is 0 Å². The number of aryl methyl sites for hydroxylation is 1. The summed E-state index contributed by atoms with van der Waals surface area (Å²) >= 11 is 0. The monoisotopic (exact) mass is 365 g/mol. The van der Waals surface area contributed by atoms with Crippen LogP contribution in [0.25, 0.3) is 11.1 Å². The number of anilines is 1. The lowest BCUT2D eigenvalue weighted by molar-refractivity contribution is 0.0651. The number of aromatic nitrogens is 2. The van der Waals surface area contributed by atoms with Crippen molar-refractivity contribution in [2.45, 2.75) is 38.1 Å². The van der Waals surface area contributed by atoms with E-state index in [2.05, 4.69) is 9.97 Å². The van der Waals surface area contributed by atoms with E-state index in [0.29, 0.717) is 24.0 Å². The van der Waals surface area contributed by atoms with Crippen molar-refractivity contribution < 1.29 is 9.59 Å². The summed E-state index contributed by atoms with van der Waals surface area (Å²) in [4.78, 5) is 36.4. The molecule has 2 N–H and O–H groups in total. The first-order valence-electron chi connectivity index (χ1n) is 9.33. The molecule has 1 saturated carbocycles. The van der Waals surface area contributed by atoms with Crippen molar-refractivity contribution in [3.8, 4) is 11.1 Å². The minimum Gasteiger partial charge on any atom is -0.351 e. The van der Waals surface area contributed by atoms with Crippen LogP contribution in [0.1, 0.15) is 41.6 Å². The second kappa shape index (κ2) is 6.98. The quantitative estimate of drug-likeness (QED) is 0.905. The number of nitrogens with two attached hydrogens (primary N) is 1. The molecule has 1 fully saturated rings. The fourth-order valence-corrected chi connectivity index (χ4v) is 3.69. The van der Waals surface area contributed by atoms with Gasteiger partial charge in [-0.3, -0.25) is 14.7 Å². The Labute approximate surface area is 158 Å². The van der Waals surface area contributed by atoms with Gasteiger partial charge in [0.1, 0.15) is 5.82 Å². The molecular weight excluding hydrogens is 342 g/mol. The number of hydrogen-bond acceptors (Lipinski definition) is 4. The Morgan fingerprint density at radius 1 is 1.15 bits per heavy atom. The predicted octanol–water partition coefficient (Wildman–Crippen LogP) is 2.60. The van der Waals surface area contributed by atoms with Crippen molar-refractivity contribution in [3.63, 3.8) is 0 Å². The van der Waals surface area contributed by atoms with Crippen molar-refractivity contribution in [3.05, 3.63) is 41.9 Å². The summed E-state index contributed by atoms with van der Waals surface area (Å²) < 4.78 is 0. The summed E-state index contributed by atoms with van der Waals surface area (Å²) in [5, 5.41) is 0. The SMILES string of the molecule is CN(C(=O)c1cncc(-c2cnc3c(c2)CCCN3C(N)=O)c1)C1CCC1. The summed E-state index contributed by atoms with van der Waals surface area (Å²) in [7, 11) is 1.86. The van der Waals surface area contributed by atoms with Crippen molar-refractivity contribution in [1.82, 2.24) is 14.9 Å². The van der Waals surface area contributed by atoms with E-state index in [1.165, 1.54) is 11.3 Å². The Morgan fingerprint density at radius 3 is 2.63 bits per heavy atom. The van der Waals surface area contributed by atoms with E-state index in [1.54, 1.807) is 18.6 Å². The van der Waals surface area contributed by atoms with Gasteiger partial charge in [0.05, 0.1) is 5.56 Å². The average molecular weight is 365 g/mol. The molecule has 0 radical (unpaired) electrons. The van der Waals surface area contributed by atoms with Crippen LogP contribution in [0.15, 0.2) is 30.7 Å². The van der Waals surface area contributed by atoms with Crippen LogP contribution in [-0.2, 0) is 6.42 Å². The van der Waals surface area contributed by atoms with Crippen LogP contribution in [0, 0.1) is 0 Å². The fourth-order valence-electron chi connectivity index (χ4n) is 3.69. The molecule has 0 bridgehead atoms. The molecular formula is C20H23N5O2. The van der Waals surface area contributed by atoms with Crippen LogP contribution in [0.5, 0.6) is 0 Å². The Kier molecular flexibility index (Phi) is 4.51. The maximum atomic E-state index is 12.7. The molecule has 27 heavy (non-hydrogen) atoms. The summed E-state index contributed by atoms with van der Waals surface area (Å²) in [5.41, 5.74) is 8.74. The van der Waals surface area contributed by atoms with Gasteiger partial charge in [-0.25, -0.2) is 9.78 Å². The first-order valence-corrected chi connectivity index (χ1v) is 9.33. The highest BCUT2D eigenvalue weighted by Gasteiger charge is 2.27. The normalized spacial score (nSPS) is 16.4. The highest BCUT2D eigenvalue weighted by atomic mass is 16.2. The molecule has 0 saturated heterocycles. The number of nitrogens with zero attached hydrogens (tertiary/aromatic N) is 4. The van der Waals surface area contributed by atoms with Crippen LogP contribution in [0.4, 0.5) is 10.6 Å². The number of rotatable bonds is 3. The van der Waals surface area contributed by atoms with Gasteiger partial charge in [0.2, 0.25) is 0 Å². The van der Waals surface area contributed by atoms with Gasteiger partial charge in [-0.05, 0) is 49.8 Å². The number of fused-ring (bicyclic) bond motifs is 1. The first kappa shape index (κ1) is 17.5. The summed E-state index contributed by atoms with van der Waals surface area (Å²) in [6.07, 6.45) is 10.1. The number of pyridine rings is 2. The summed E-state index contributed by atoms with van der Waals surface area (Å²) in [5.74, 6) is 0.627. The van der Waals surface area contributed by atoms with Crippen LogP contribution in [0.3, 0.4) is 0 Å². The zero-order chi connectivity index (χ0) is 19.0. The number of hydrogen-bond donors (Lipinski definition) is 1. The Balaban J connectivity index is 1.62. The van der Waals surface area contributed by atoms with Gasteiger partial charge < -0.3 is 10.6 Å². The molecule has 2 aromatic rings. The van der Waals surface area contributed by atoms with Gasteiger partial charge in [-0.1, -0.05) is 0 Å². The third kappa shape index (κ3) is 3.25. The zero-order valence-corrected chi connectivity index (χ0v) is 15.4. The number of carbonyl (C=O) groups excluding carboxylic acids is 2. The lowest BCUT2D eigenvalue weighted by atomic mass is 9.91. The summed E-state index contributed by atoms with van der Waals surface area (Å²) in [6.45, 7) is 0.591. The van der Waals surface area contributed by atoms with Crippen molar-refractivity contribution in [2.75, 3.05) is 18.5 Å². The van der Waals surface area contributed by atoms with Crippen molar-refractivity contribution in [1.29, 1.82) is 0 Å². The lowest BCUT2D eigenvalue weighted by Crippen LogP contribution is -2.41. The average Bonchev–Trinajstić information content (AvgIpc) is 2.65. The van der Waals surface area contributed by atoms with Crippen LogP contribution in [0.2, 0.25) is 0 Å². The number of carbonyl (C=O) groups is 2. The maximum absolute atomic E-state index is 12.7.